The van der Waals surface area contributed by atoms with Crippen molar-refractivity contribution in [3.63, 3.8) is 0 Å². The highest BCUT2D eigenvalue weighted by molar-refractivity contribution is 7.99. The van der Waals surface area contributed by atoms with E-state index in [2.05, 4.69) is 40.3 Å². The number of aryl methyl sites for hydroxylation is 1. The van der Waals surface area contributed by atoms with Crippen molar-refractivity contribution < 1.29 is 0 Å². The fraction of sp³-hybridized carbons (Fsp3) is 0.750. The smallest absolute Gasteiger partial charge is 0.0640 e. The first-order valence-corrected chi connectivity index (χ1v) is 7.24. The van der Waals surface area contributed by atoms with Gasteiger partial charge in [-0.25, -0.2) is 0 Å². The van der Waals surface area contributed by atoms with Gasteiger partial charge < -0.3 is 5.32 Å². The first-order valence-electron chi connectivity index (χ1n) is 6.08. The highest BCUT2D eigenvalue weighted by Gasteiger charge is 2.16. The van der Waals surface area contributed by atoms with Crippen LogP contribution in [0.3, 0.4) is 0 Å². The van der Waals surface area contributed by atoms with E-state index < -0.39 is 0 Å². The maximum Gasteiger partial charge on any atom is 0.0640 e. The van der Waals surface area contributed by atoms with Crippen molar-refractivity contribution in [3.05, 3.63) is 17.5 Å². The minimum atomic E-state index is 0.524. The van der Waals surface area contributed by atoms with Crippen LogP contribution >= 0.6 is 11.8 Å². The Morgan fingerprint density at radius 3 is 2.94 bits per heavy atom. The molecule has 0 unspecified atom stereocenters. The minimum Gasteiger partial charge on any atom is -0.311 e. The first kappa shape index (κ1) is 12.0. The molecule has 2 rings (SSSR count). The van der Waals surface area contributed by atoms with E-state index in [0.717, 1.165) is 18.2 Å². The standard InChI is InChI=1S/C12H21N3S/c1-9(7-12-8-10(2)14-15-12)13-11-3-5-16-6-4-11/h8-9,11,13H,3-7H2,1-2H3,(H,14,15)/t9-/m0/s1. The van der Waals surface area contributed by atoms with E-state index >= 15 is 0 Å². The van der Waals surface area contributed by atoms with Gasteiger partial charge in [-0.05, 0) is 44.3 Å². The fourth-order valence-electron chi connectivity index (χ4n) is 2.22. The van der Waals surface area contributed by atoms with Crippen LogP contribution in [-0.4, -0.2) is 33.8 Å². The lowest BCUT2D eigenvalue weighted by Crippen LogP contribution is -2.39. The fourth-order valence-corrected chi connectivity index (χ4v) is 3.32. The number of aromatic nitrogens is 2. The summed E-state index contributed by atoms with van der Waals surface area (Å²) >= 11 is 2.08. The van der Waals surface area contributed by atoms with E-state index in [4.69, 9.17) is 0 Å². The topological polar surface area (TPSA) is 40.7 Å². The van der Waals surface area contributed by atoms with Crippen molar-refractivity contribution in [1.82, 2.24) is 15.5 Å². The quantitative estimate of drug-likeness (QED) is 0.845. The van der Waals surface area contributed by atoms with E-state index in [9.17, 15) is 0 Å². The molecule has 0 aliphatic carbocycles. The van der Waals surface area contributed by atoms with Gasteiger partial charge in [0.05, 0.1) is 5.69 Å². The molecule has 1 atom stereocenters. The Kier molecular flexibility index (Phi) is 4.29. The molecule has 0 amide bonds. The second-order valence-electron chi connectivity index (χ2n) is 4.70. The predicted octanol–water partition coefficient (Wildman–Crippen LogP) is 2.13. The molecule has 1 aliphatic heterocycles. The molecule has 2 heterocycles. The highest BCUT2D eigenvalue weighted by atomic mass is 32.2. The molecule has 90 valence electrons. The van der Waals surface area contributed by atoms with Gasteiger partial charge in [0.25, 0.3) is 0 Å². The Balaban J connectivity index is 1.77. The molecule has 0 saturated carbocycles. The Hall–Kier alpha value is -0.480. The molecule has 0 bridgehead atoms. The molecule has 0 aromatic carbocycles. The third-order valence-electron chi connectivity index (χ3n) is 3.02. The Bertz CT molecular complexity index is 318. The van der Waals surface area contributed by atoms with Crippen molar-refractivity contribution in [3.8, 4) is 0 Å². The maximum atomic E-state index is 4.28. The number of aromatic amines is 1. The molecule has 2 N–H and O–H groups in total. The summed E-state index contributed by atoms with van der Waals surface area (Å²) in [6.45, 7) is 4.30. The number of hydrogen-bond donors (Lipinski definition) is 2. The molecular formula is C12H21N3S. The van der Waals surface area contributed by atoms with Gasteiger partial charge >= 0.3 is 0 Å². The minimum absolute atomic E-state index is 0.524. The van der Waals surface area contributed by atoms with Gasteiger partial charge in [0.1, 0.15) is 0 Å². The average Bonchev–Trinajstić information content (AvgIpc) is 2.65. The second-order valence-corrected chi connectivity index (χ2v) is 5.93. The van der Waals surface area contributed by atoms with Crippen molar-refractivity contribution in [2.24, 2.45) is 0 Å². The van der Waals surface area contributed by atoms with Gasteiger partial charge in [-0.2, -0.15) is 16.9 Å². The first-order chi connectivity index (χ1) is 7.74. The van der Waals surface area contributed by atoms with Crippen LogP contribution in [0.25, 0.3) is 0 Å². The lowest BCUT2D eigenvalue weighted by atomic mass is 10.1. The van der Waals surface area contributed by atoms with Gasteiger partial charge in [-0.15, -0.1) is 0 Å². The summed E-state index contributed by atoms with van der Waals surface area (Å²) in [5.74, 6) is 2.62. The summed E-state index contributed by atoms with van der Waals surface area (Å²) in [5, 5.41) is 11.0. The van der Waals surface area contributed by atoms with Crippen LogP contribution in [0.15, 0.2) is 6.07 Å². The van der Waals surface area contributed by atoms with Gasteiger partial charge in [0, 0.05) is 24.2 Å². The van der Waals surface area contributed by atoms with Crippen molar-refractivity contribution in [2.45, 2.75) is 45.2 Å². The lowest BCUT2D eigenvalue weighted by Gasteiger charge is -2.26. The van der Waals surface area contributed by atoms with E-state index in [-0.39, 0.29) is 0 Å². The van der Waals surface area contributed by atoms with Crippen LogP contribution in [0, 0.1) is 6.92 Å². The maximum absolute atomic E-state index is 4.28. The molecule has 3 nitrogen and oxygen atoms in total. The van der Waals surface area contributed by atoms with E-state index in [0.29, 0.717) is 6.04 Å². The van der Waals surface area contributed by atoms with Crippen molar-refractivity contribution in [2.75, 3.05) is 11.5 Å². The summed E-state index contributed by atoms with van der Waals surface area (Å²) < 4.78 is 0. The molecular weight excluding hydrogens is 218 g/mol. The van der Waals surface area contributed by atoms with E-state index in [1.165, 1.54) is 30.0 Å². The molecule has 1 aliphatic rings. The number of nitrogens with one attached hydrogen (secondary N) is 2. The van der Waals surface area contributed by atoms with Gasteiger partial charge in [-0.3, -0.25) is 5.10 Å². The zero-order valence-electron chi connectivity index (χ0n) is 10.1. The summed E-state index contributed by atoms with van der Waals surface area (Å²) in [4.78, 5) is 0. The molecule has 0 spiro atoms. The van der Waals surface area contributed by atoms with E-state index in [1.807, 2.05) is 6.92 Å². The van der Waals surface area contributed by atoms with Gasteiger partial charge in [-0.1, -0.05) is 0 Å². The van der Waals surface area contributed by atoms with Gasteiger partial charge in [0.15, 0.2) is 0 Å². The zero-order chi connectivity index (χ0) is 11.4. The number of hydrogen-bond acceptors (Lipinski definition) is 3. The zero-order valence-corrected chi connectivity index (χ0v) is 10.9. The third kappa shape index (κ3) is 3.52. The average molecular weight is 239 g/mol. The largest absolute Gasteiger partial charge is 0.311 e. The third-order valence-corrected chi connectivity index (χ3v) is 4.06. The van der Waals surface area contributed by atoms with Crippen LogP contribution < -0.4 is 5.32 Å². The molecule has 4 heteroatoms. The Morgan fingerprint density at radius 1 is 1.56 bits per heavy atom. The van der Waals surface area contributed by atoms with Crippen LogP contribution in [-0.2, 0) is 6.42 Å². The number of H-pyrrole nitrogens is 1. The molecule has 1 saturated heterocycles. The monoisotopic (exact) mass is 239 g/mol. The highest BCUT2D eigenvalue weighted by Crippen LogP contribution is 2.17. The summed E-state index contributed by atoms with van der Waals surface area (Å²) in [5.41, 5.74) is 2.32. The Morgan fingerprint density at radius 2 is 2.31 bits per heavy atom. The number of rotatable bonds is 4. The van der Waals surface area contributed by atoms with Gasteiger partial charge in [0.2, 0.25) is 0 Å². The van der Waals surface area contributed by atoms with Crippen molar-refractivity contribution >= 4 is 11.8 Å². The van der Waals surface area contributed by atoms with Crippen LogP contribution in [0.5, 0.6) is 0 Å². The predicted molar refractivity (Wildman–Crippen MR) is 70.0 cm³/mol. The lowest BCUT2D eigenvalue weighted by molar-refractivity contribution is 0.419. The van der Waals surface area contributed by atoms with Crippen LogP contribution in [0.1, 0.15) is 31.2 Å². The summed E-state index contributed by atoms with van der Waals surface area (Å²) in [6.07, 6.45) is 3.65. The SMILES string of the molecule is Cc1cc(C[C@H](C)NC2CCSCC2)n[nH]1. The molecule has 16 heavy (non-hydrogen) atoms. The molecule has 1 aromatic heterocycles. The van der Waals surface area contributed by atoms with Crippen LogP contribution in [0.2, 0.25) is 0 Å². The number of nitrogens with zero attached hydrogens (tertiary/aromatic N) is 1. The van der Waals surface area contributed by atoms with Crippen molar-refractivity contribution in [1.29, 1.82) is 0 Å². The summed E-state index contributed by atoms with van der Waals surface area (Å²) in [7, 11) is 0. The normalized spacial score (nSPS) is 19.9. The number of thioether (sulfide) groups is 1. The molecule has 1 fully saturated rings. The second kappa shape index (κ2) is 5.73. The Labute approximate surface area is 102 Å². The van der Waals surface area contributed by atoms with E-state index in [1.54, 1.807) is 0 Å². The summed E-state index contributed by atoms with van der Waals surface area (Å²) in [6, 6.07) is 3.38. The molecule has 1 aromatic rings. The molecule has 0 radical (unpaired) electrons. The van der Waals surface area contributed by atoms with Crippen LogP contribution in [0.4, 0.5) is 0 Å².